The van der Waals surface area contributed by atoms with Gasteiger partial charge in [0.05, 0.1) is 4.92 Å². The molecule has 0 aliphatic carbocycles. The number of oxazole rings is 1. The highest BCUT2D eigenvalue weighted by atomic mass is 16.6. The molecule has 150 valence electrons. The maximum Gasteiger partial charge on any atom is 0.273 e. The average molecular weight is 401 g/mol. The Kier molecular flexibility index (Phi) is 4.79. The van der Waals surface area contributed by atoms with Crippen molar-refractivity contribution in [3.63, 3.8) is 0 Å². The quantitative estimate of drug-likeness (QED) is 0.355. The number of hydrogen-bond donors (Lipinski definition) is 1. The normalized spacial score (nSPS) is 10.9. The van der Waals surface area contributed by atoms with E-state index in [2.05, 4.69) is 10.3 Å². The summed E-state index contributed by atoms with van der Waals surface area (Å²) in [5, 5.41) is 13.9. The van der Waals surface area contributed by atoms with E-state index >= 15 is 0 Å². The van der Waals surface area contributed by atoms with Gasteiger partial charge in [0.1, 0.15) is 5.52 Å². The van der Waals surface area contributed by atoms with Crippen molar-refractivity contribution in [1.82, 2.24) is 4.98 Å². The van der Waals surface area contributed by atoms with Crippen LogP contribution in [0.25, 0.3) is 22.6 Å². The molecule has 0 atom stereocenters. The summed E-state index contributed by atoms with van der Waals surface area (Å²) in [6.45, 7) is 5.56. The van der Waals surface area contributed by atoms with E-state index in [1.165, 1.54) is 12.1 Å². The fourth-order valence-electron chi connectivity index (χ4n) is 3.46. The second-order valence-electron chi connectivity index (χ2n) is 7.19. The van der Waals surface area contributed by atoms with Gasteiger partial charge < -0.3 is 9.73 Å². The number of carbonyl (C=O) groups is 1. The van der Waals surface area contributed by atoms with Crippen molar-refractivity contribution in [2.45, 2.75) is 20.8 Å². The van der Waals surface area contributed by atoms with Crippen LogP contribution in [0.3, 0.4) is 0 Å². The third-order valence-electron chi connectivity index (χ3n) is 4.96. The fourth-order valence-corrected chi connectivity index (χ4v) is 3.46. The molecule has 0 saturated heterocycles. The zero-order valence-corrected chi connectivity index (χ0v) is 16.7. The van der Waals surface area contributed by atoms with Gasteiger partial charge in [0.25, 0.3) is 11.6 Å². The second kappa shape index (κ2) is 7.44. The van der Waals surface area contributed by atoms with Crippen LogP contribution in [-0.2, 0) is 0 Å². The number of fused-ring (bicyclic) bond motifs is 1. The number of aromatic nitrogens is 1. The number of hydrogen-bond acceptors (Lipinski definition) is 5. The minimum absolute atomic E-state index is 0.0838. The summed E-state index contributed by atoms with van der Waals surface area (Å²) >= 11 is 0. The number of aryl methyl sites for hydroxylation is 2. The summed E-state index contributed by atoms with van der Waals surface area (Å²) in [6.07, 6.45) is 0. The molecule has 7 heteroatoms. The number of carbonyl (C=O) groups excluding carboxylic acids is 1. The Morgan fingerprint density at radius 1 is 1.07 bits per heavy atom. The number of amides is 1. The molecule has 4 rings (SSSR count). The molecule has 0 radical (unpaired) electrons. The van der Waals surface area contributed by atoms with Crippen LogP contribution in [0.2, 0.25) is 0 Å². The van der Waals surface area contributed by atoms with E-state index in [9.17, 15) is 14.9 Å². The summed E-state index contributed by atoms with van der Waals surface area (Å²) in [5.74, 6) is 0.100. The second-order valence-corrected chi connectivity index (χ2v) is 7.19. The van der Waals surface area contributed by atoms with Crippen LogP contribution in [0.4, 0.5) is 11.4 Å². The molecule has 1 N–H and O–H groups in total. The smallest absolute Gasteiger partial charge is 0.273 e. The van der Waals surface area contributed by atoms with Crippen LogP contribution in [-0.4, -0.2) is 15.8 Å². The van der Waals surface area contributed by atoms with Crippen molar-refractivity contribution < 1.29 is 14.1 Å². The van der Waals surface area contributed by atoms with Crippen molar-refractivity contribution in [2.75, 3.05) is 5.32 Å². The third-order valence-corrected chi connectivity index (χ3v) is 4.96. The molecule has 0 aliphatic heterocycles. The Bertz CT molecular complexity index is 1290. The maximum absolute atomic E-state index is 12.6. The lowest BCUT2D eigenvalue weighted by molar-refractivity contribution is -0.385. The van der Waals surface area contributed by atoms with Gasteiger partial charge in [-0.25, -0.2) is 4.98 Å². The van der Waals surface area contributed by atoms with E-state index in [0.29, 0.717) is 17.1 Å². The van der Waals surface area contributed by atoms with E-state index in [1.54, 1.807) is 25.1 Å². The first-order chi connectivity index (χ1) is 14.3. The van der Waals surface area contributed by atoms with Gasteiger partial charge >= 0.3 is 0 Å². The summed E-state index contributed by atoms with van der Waals surface area (Å²) in [6, 6.07) is 15.6. The first-order valence-electron chi connectivity index (χ1n) is 9.37. The molecule has 30 heavy (non-hydrogen) atoms. The summed E-state index contributed by atoms with van der Waals surface area (Å²) < 4.78 is 5.92. The van der Waals surface area contributed by atoms with Crippen LogP contribution in [0.5, 0.6) is 0 Å². The van der Waals surface area contributed by atoms with E-state index in [1.807, 2.05) is 38.1 Å². The Morgan fingerprint density at radius 3 is 2.50 bits per heavy atom. The lowest BCUT2D eigenvalue weighted by Gasteiger charge is -2.08. The van der Waals surface area contributed by atoms with Gasteiger partial charge in [0.2, 0.25) is 5.89 Å². The van der Waals surface area contributed by atoms with Gasteiger partial charge in [0, 0.05) is 28.4 Å². The molecule has 1 heterocycles. The topological polar surface area (TPSA) is 98.3 Å². The van der Waals surface area contributed by atoms with Crippen LogP contribution >= 0.6 is 0 Å². The standard InChI is InChI=1S/C23H19N3O4/c1-13-11-14(2)21-19(12-13)25-23(30-21)16-7-9-17(10-8-16)24-22(27)18-5-4-6-20(15(18)3)26(28)29/h4-12H,1-3H3,(H,24,27). The molecule has 0 saturated carbocycles. The highest BCUT2D eigenvalue weighted by molar-refractivity contribution is 6.05. The molecule has 0 unspecified atom stereocenters. The number of benzene rings is 3. The maximum atomic E-state index is 12.6. The fraction of sp³-hybridized carbons (Fsp3) is 0.130. The number of nitrogens with zero attached hydrogens (tertiary/aromatic N) is 2. The van der Waals surface area contributed by atoms with Crippen molar-refractivity contribution in [3.8, 4) is 11.5 Å². The predicted octanol–water partition coefficient (Wildman–Crippen LogP) is 5.58. The van der Waals surface area contributed by atoms with Gasteiger partial charge in [-0.05, 0) is 68.3 Å². The molecular formula is C23H19N3O4. The molecule has 7 nitrogen and oxygen atoms in total. The molecule has 0 spiro atoms. The molecule has 1 amide bonds. The molecule has 4 aromatic rings. The minimum Gasteiger partial charge on any atom is -0.436 e. The molecule has 0 fully saturated rings. The SMILES string of the molecule is Cc1cc(C)c2oc(-c3ccc(NC(=O)c4cccc([N+](=O)[O-])c4C)cc3)nc2c1. The average Bonchev–Trinajstić information content (AvgIpc) is 3.12. The number of nitro benzene ring substituents is 1. The molecule has 3 aromatic carbocycles. The highest BCUT2D eigenvalue weighted by Gasteiger charge is 2.18. The molecule has 0 aliphatic rings. The van der Waals surface area contributed by atoms with E-state index < -0.39 is 10.8 Å². The molecular weight excluding hydrogens is 382 g/mol. The lowest BCUT2D eigenvalue weighted by Crippen LogP contribution is -2.14. The first kappa shape index (κ1) is 19.3. The van der Waals surface area contributed by atoms with Crippen LogP contribution in [0, 0.1) is 30.9 Å². The van der Waals surface area contributed by atoms with Gasteiger partial charge in [-0.3, -0.25) is 14.9 Å². The summed E-state index contributed by atoms with van der Waals surface area (Å²) in [7, 11) is 0. The van der Waals surface area contributed by atoms with Crippen LogP contribution < -0.4 is 5.32 Å². The van der Waals surface area contributed by atoms with E-state index in [0.717, 1.165) is 27.8 Å². The van der Waals surface area contributed by atoms with Gasteiger partial charge in [0.15, 0.2) is 5.58 Å². The van der Waals surface area contributed by atoms with Crippen LogP contribution in [0.1, 0.15) is 27.0 Å². The zero-order valence-electron chi connectivity index (χ0n) is 16.7. The van der Waals surface area contributed by atoms with Gasteiger partial charge in [-0.1, -0.05) is 12.1 Å². The predicted molar refractivity (Wildman–Crippen MR) is 115 cm³/mol. The zero-order chi connectivity index (χ0) is 21.4. The van der Waals surface area contributed by atoms with Crippen LogP contribution in [0.15, 0.2) is 59.0 Å². The molecule has 0 bridgehead atoms. The van der Waals surface area contributed by atoms with Gasteiger partial charge in [-0.15, -0.1) is 0 Å². The largest absolute Gasteiger partial charge is 0.436 e. The monoisotopic (exact) mass is 401 g/mol. The summed E-state index contributed by atoms with van der Waals surface area (Å²) in [4.78, 5) is 27.7. The Morgan fingerprint density at radius 2 is 1.80 bits per heavy atom. The number of anilines is 1. The lowest BCUT2D eigenvalue weighted by atomic mass is 10.1. The van der Waals surface area contributed by atoms with Gasteiger partial charge in [-0.2, -0.15) is 0 Å². The van der Waals surface area contributed by atoms with Crippen molar-refractivity contribution >= 4 is 28.4 Å². The van der Waals surface area contributed by atoms with E-state index in [-0.39, 0.29) is 11.3 Å². The number of rotatable bonds is 4. The Hall–Kier alpha value is -4.00. The minimum atomic E-state index is -0.496. The third kappa shape index (κ3) is 3.53. The first-order valence-corrected chi connectivity index (χ1v) is 9.37. The number of nitrogens with one attached hydrogen (secondary N) is 1. The van der Waals surface area contributed by atoms with Crippen molar-refractivity contribution in [3.05, 3.63) is 87.0 Å². The van der Waals surface area contributed by atoms with Crippen molar-refractivity contribution in [2.24, 2.45) is 0 Å². The van der Waals surface area contributed by atoms with E-state index in [4.69, 9.17) is 4.42 Å². The molecule has 1 aromatic heterocycles. The Balaban J connectivity index is 1.57. The number of nitro groups is 1. The highest BCUT2D eigenvalue weighted by Crippen LogP contribution is 2.28. The summed E-state index contributed by atoms with van der Waals surface area (Å²) in [5.41, 5.74) is 5.57. The Labute approximate surface area is 172 Å². The van der Waals surface area contributed by atoms with Crippen molar-refractivity contribution in [1.29, 1.82) is 0 Å².